The van der Waals surface area contributed by atoms with E-state index in [2.05, 4.69) is 14.9 Å². The Bertz CT molecular complexity index is 839. The molecule has 3 rings (SSSR count). The van der Waals surface area contributed by atoms with Crippen LogP contribution in [-0.2, 0) is 15.6 Å². The zero-order chi connectivity index (χ0) is 18.1. The van der Waals surface area contributed by atoms with E-state index in [0.29, 0.717) is 24.8 Å². The second kappa shape index (κ2) is 6.80. The van der Waals surface area contributed by atoms with Crippen molar-refractivity contribution in [3.05, 3.63) is 41.5 Å². The number of aromatic nitrogens is 2. The van der Waals surface area contributed by atoms with Crippen LogP contribution in [0, 0.1) is 18.6 Å². The second-order valence-electron chi connectivity index (χ2n) is 6.34. The molecule has 136 valence electrons. The van der Waals surface area contributed by atoms with E-state index in [4.69, 9.17) is 4.52 Å². The maximum atomic E-state index is 13.5. The molecule has 0 amide bonds. The lowest BCUT2D eigenvalue weighted by atomic mass is 9.91. The summed E-state index contributed by atoms with van der Waals surface area (Å²) in [5, 5.41) is 3.91. The minimum Gasteiger partial charge on any atom is -0.340 e. The van der Waals surface area contributed by atoms with Gasteiger partial charge < -0.3 is 4.52 Å². The fourth-order valence-electron chi connectivity index (χ4n) is 3.20. The van der Waals surface area contributed by atoms with Gasteiger partial charge in [0.2, 0.25) is 15.9 Å². The molecule has 1 aliphatic carbocycles. The van der Waals surface area contributed by atoms with Gasteiger partial charge in [0.15, 0.2) is 5.82 Å². The number of halogens is 2. The Morgan fingerprint density at radius 1 is 1.08 bits per heavy atom. The monoisotopic (exact) mass is 371 g/mol. The van der Waals surface area contributed by atoms with E-state index in [-0.39, 0.29) is 5.82 Å². The predicted octanol–water partition coefficient (Wildman–Crippen LogP) is 3.18. The first-order chi connectivity index (χ1) is 11.8. The molecule has 0 aliphatic heterocycles. The van der Waals surface area contributed by atoms with Crippen molar-refractivity contribution in [3.8, 4) is 0 Å². The maximum Gasteiger partial charge on any atom is 0.241 e. The molecule has 9 heteroatoms. The van der Waals surface area contributed by atoms with Gasteiger partial charge in [0, 0.05) is 13.0 Å². The van der Waals surface area contributed by atoms with Crippen LogP contribution in [0.15, 0.2) is 27.6 Å². The first-order valence-electron chi connectivity index (χ1n) is 8.12. The highest BCUT2D eigenvalue weighted by molar-refractivity contribution is 7.89. The quantitative estimate of drug-likeness (QED) is 0.835. The molecule has 0 radical (unpaired) electrons. The van der Waals surface area contributed by atoms with Crippen LogP contribution in [0.3, 0.4) is 0 Å². The van der Waals surface area contributed by atoms with E-state index in [1.54, 1.807) is 6.92 Å². The van der Waals surface area contributed by atoms with Gasteiger partial charge >= 0.3 is 0 Å². The second-order valence-corrected chi connectivity index (χ2v) is 8.03. The average Bonchev–Trinajstić information content (AvgIpc) is 2.83. The largest absolute Gasteiger partial charge is 0.340 e. The van der Waals surface area contributed by atoms with Crippen LogP contribution in [0.1, 0.15) is 50.2 Å². The van der Waals surface area contributed by atoms with Crippen molar-refractivity contribution in [2.75, 3.05) is 0 Å². The molecule has 0 saturated heterocycles. The van der Waals surface area contributed by atoms with Crippen molar-refractivity contribution < 1.29 is 21.7 Å². The zero-order valence-corrected chi connectivity index (χ0v) is 14.6. The van der Waals surface area contributed by atoms with Crippen LogP contribution < -0.4 is 4.72 Å². The predicted molar refractivity (Wildman–Crippen MR) is 85.1 cm³/mol. The third-order valence-electron chi connectivity index (χ3n) is 4.39. The normalized spacial score (nSPS) is 18.0. The Morgan fingerprint density at radius 3 is 2.20 bits per heavy atom. The molecule has 1 aliphatic rings. The Kier molecular flexibility index (Phi) is 4.88. The van der Waals surface area contributed by atoms with Gasteiger partial charge in [-0.2, -0.15) is 9.71 Å². The van der Waals surface area contributed by atoms with Gasteiger partial charge in [0.05, 0.1) is 10.4 Å². The van der Waals surface area contributed by atoms with E-state index in [1.807, 2.05) is 0 Å². The molecule has 1 saturated carbocycles. The molecule has 25 heavy (non-hydrogen) atoms. The summed E-state index contributed by atoms with van der Waals surface area (Å²) in [6.07, 6.45) is 4.48. The van der Waals surface area contributed by atoms with Crippen LogP contribution in [0.2, 0.25) is 0 Å². The van der Waals surface area contributed by atoms with Gasteiger partial charge in [-0.15, -0.1) is 0 Å². The smallest absolute Gasteiger partial charge is 0.241 e. The summed E-state index contributed by atoms with van der Waals surface area (Å²) in [7, 11) is -4.17. The lowest BCUT2D eigenvalue weighted by molar-refractivity contribution is 0.301. The molecule has 6 nitrogen and oxygen atoms in total. The zero-order valence-electron chi connectivity index (χ0n) is 13.8. The summed E-state index contributed by atoms with van der Waals surface area (Å²) < 4.78 is 60.1. The molecular weight excluding hydrogens is 352 g/mol. The Morgan fingerprint density at radius 2 is 1.68 bits per heavy atom. The first kappa shape index (κ1) is 17.9. The lowest BCUT2D eigenvalue weighted by Gasteiger charge is -2.30. The number of nitrogens with zero attached hydrogens (tertiary/aromatic N) is 2. The van der Waals surface area contributed by atoms with Crippen LogP contribution in [0.5, 0.6) is 0 Å². The number of benzene rings is 1. The molecule has 1 heterocycles. The molecule has 0 unspecified atom stereocenters. The highest BCUT2D eigenvalue weighted by Gasteiger charge is 2.41. The molecule has 2 aromatic rings. The van der Waals surface area contributed by atoms with Gasteiger partial charge in [-0.25, -0.2) is 17.2 Å². The van der Waals surface area contributed by atoms with Gasteiger partial charge in [-0.1, -0.05) is 30.8 Å². The van der Waals surface area contributed by atoms with Crippen molar-refractivity contribution in [3.63, 3.8) is 0 Å². The first-order valence-corrected chi connectivity index (χ1v) is 9.60. The number of aryl methyl sites for hydroxylation is 1. The highest BCUT2D eigenvalue weighted by Crippen LogP contribution is 2.36. The van der Waals surface area contributed by atoms with Crippen molar-refractivity contribution >= 4 is 10.0 Å². The molecule has 0 spiro atoms. The summed E-state index contributed by atoms with van der Waals surface area (Å²) in [6, 6.07) is 2.21. The Balaban J connectivity index is 2.02. The van der Waals surface area contributed by atoms with Crippen LogP contribution >= 0.6 is 0 Å². The average molecular weight is 371 g/mol. The van der Waals surface area contributed by atoms with E-state index in [0.717, 1.165) is 37.8 Å². The minimum absolute atomic E-state index is 0.257. The number of hydrogen-bond acceptors (Lipinski definition) is 5. The summed E-state index contributed by atoms with van der Waals surface area (Å²) in [6.45, 7) is 1.62. The standard InChI is InChI=1S/C16H19F2N3O3S/c1-11-19-15(20-24-11)16(6-4-2-3-5-7-16)21-25(22,23)14-9-12(17)8-13(18)10-14/h8-10,21H,2-7H2,1H3. The number of rotatable bonds is 4. The third-order valence-corrected chi connectivity index (χ3v) is 5.90. The fraction of sp³-hybridized carbons (Fsp3) is 0.500. The lowest BCUT2D eigenvalue weighted by Crippen LogP contribution is -2.46. The summed E-state index contributed by atoms with van der Waals surface area (Å²) in [5.74, 6) is -1.32. The van der Waals surface area contributed by atoms with Gasteiger partial charge in [-0.3, -0.25) is 0 Å². The van der Waals surface area contributed by atoms with Crippen LogP contribution in [0.25, 0.3) is 0 Å². The Labute approximate surface area is 144 Å². The summed E-state index contributed by atoms with van der Waals surface area (Å²) >= 11 is 0. The molecule has 1 fully saturated rings. The van der Waals surface area contributed by atoms with Crippen molar-refractivity contribution in [1.82, 2.24) is 14.9 Å². The van der Waals surface area contributed by atoms with Crippen molar-refractivity contribution in [2.45, 2.75) is 55.9 Å². The summed E-state index contributed by atoms with van der Waals surface area (Å²) in [4.78, 5) is 3.74. The van der Waals surface area contributed by atoms with Crippen LogP contribution in [-0.4, -0.2) is 18.6 Å². The Hall–Kier alpha value is -1.87. The van der Waals surface area contributed by atoms with Crippen LogP contribution in [0.4, 0.5) is 8.78 Å². The maximum absolute atomic E-state index is 13.5. The van der Waals surface area contributed by atoms with Gasteiger partial charge in [-0.05, 0) is 25.0 Å². The topological polar surface area (TPSA) is 85.1 Å². The third kappa shape index (κ3) is 3.87. The molecule has 1 N–H and O–H groups in total. The van der Waals surface area contributed by atoms with Crippen molar-refractivity contribution in [2.24, 2.45) is 0 Å². The SMILES string of the molecule is Cc1nc(C2(NS(=O)(=O)c3cc(F)cc(F)c3)CCCCCC2)no1. The minimum atomic E-state index is -4.17. The van der Waals surface area contributed by atoms with E-state index < -0.39 is 32.1 Å². The van der Waals surface area contributed by atoms with E-state index >= 15 is 0 Å². The number of hydrogen-bond donors (Lipinski definition) is 1. The molecule has 1 aromatic heterocycles. The van der Waals surface area contributed by atoms with E-state index in [1.165, 1.54) is 0 Å². The van der Waals surface area contributed by atoms with Gasteiger partial charge in [0.1, 0.15) is 11.6 Å². The molecule has 0 bridgehead atoms. The number of nitrogens with one attached hydrogen (secondary N) is 1. The molecule has 1 aromatic carbocycles. The molecular formula is C16H19F2N3O3S. The number of sulfonamides is 1. The fourth-order valence-corrected chi connectivity index (χ4v) is 4.66. The highest BCUT2D eigenvalue weighted by atomic mass is 32.2. The summed E-state index contributed by atoms with van der Waals surface area (Å²) in [5.41, 5.74) is -1.05. The van der Waals surface area contributed by atoms with Gasteiger partial charge in [0.25, 0.3) is 0 Å². The van der Waals surface area contributed by atoms with Crippen molar-refractivity contribution in [1.29, 1.82) is 0 Å². The van der Waals surface area contributed by atoms with E-state index in [9.17, 15) is 17.2 Å². The molecule has 0 atom stereocenters.